The molecule has 1 aliphatic heterocycles. The maximum absolute atomic E-state index is 12.3. The molecule has 0 unspecified atom stereocenters. The Kier molecular flexibility index (Phi) is 3.83. The van der Waals surface area contributed by atoms with Crippen molar-refractivity contribution in [2.24, 2.45) is 0 Å². The second-order valence-electron chi connectivity index (χ2n) is 5.18. The van der Waals surface area contributed by atoms with Crippen molar-refractivity contribution in [3.63, 3.8) is 0 Å². The SMILES string of the molecule is CC1(C)C(=O)NCCN1C(=O)CCc1ccccn1. The molecule has 1 saturated heterocycles. The van der Waals surface area contributed by atoms with Gasteiger partial charge in [-0.05, 0) is 32.4 Å². The number of carbonyl (C=O) groups excluding carboxylic acids is 2. The molecule has 2 rings (SSSR count). The highest BCUT2D eigenvalue weighted by atomic mass is 16.2. The summed E-state index contributed by atoms with van der Waals surface area (Å²) in [7, 11) is 0. The zero-order valence-corrected chi connectivity index (χ0v) is 11.3. The first-order valence-corrected chi connectivity index (χ1v) is 6.50. The molecule has 1 fully saturated rings. The molecule has 1 aliphatic rings. The smallest absolute Gasteiger partial charge is 0.245 e. The Hall–Kier alpha value is -1.91. The second-order valence-corrected chi connectivity index (χ2v) is 5.18. The number of pyridine rings is 1. The number of piperazine rings is 1. The van der Waals surface area contributed by atoms with Crippen LogP contribution in [0.4, 0.5) is 0 Å². The van der Waals surface area contributed by atoms with Gasteiger partial charge in [-0.1, -0.05) is 6.07 Å². The molecule has 0 saturated carbocycles. The maximum Gasteiger partial charge on any atom is 0.245 e. The zero-order valence-electron chi connectivity index (χ0n) is 11.3. The van der Waals surface area contributed by atoms with Crippen LogP contribution in [0.3, 0.4) is 0 Å². The fourth-order valence-corrected chi connectivity index (χ4v) is 2.25. The minimum atomic E-state index is -0.764. The molecule has 0 aromatic carbocycles. The Morgan fingerprint density at radius 3 is 2.95 bits per heavy atom. The lowest BCUT2D eigenvalue weighted by atomic mass is 9.98. The molecule has 5 nitrogen and oxygen atoms in total. The van der Waals surface area contributed by atoms with Gasteiger partial charge in [-0.2, -0.15) is 0 Å². The van der Waals surface area contributed by atoms with Crippen LogP contribution >= 0.6 is 0 Å². The van der Waals surface area contributed by atoms with Crippen molar-refractivity contribution in [1.29, 1.82) is 0 Å². The number of nitrogens with zero attached hydrogens (tertiary/aromatic N) is 2. The van der Waals surface area contributed by atoms with Crippen molar-refractivity contribution < 1.29 is 9.59 Å². The normalized spacial score (nSPS) is 18.0. The summed E-state index contributed by atoms with van der Waals surface area (Å²) in [6, 6.07) is 5.66. The van der Waals surface area contributed by atoms with Crippen LogP contribution in [0.15, 0.2) is 24.4 Å². The summed E-state index contributed by atoms with van der Waals surface area (Å²) in [6.07, 6.45) is 2.71. The van der Waals surface area contributed by atoms with Crippen LogP contribution in [-0.4, -0.2) is 40.3 Å². The summed E-state index contributed by atoms with van der Waals surface area (Å²) < 4.78 is 0. The van der Waals surface area contributed by atoms with E-state index in [1.807, 2.05) is 18.2 Å². The monoisotopic (exact) mass is 261 g/mol. The third-order valence-electron chi connectivity index (χ3n) is 3.47. The zero-order chi connectivity index (χ0) is 13.9. The third-order valence-corrected chi connectivity index (χ3v) is 3.47. The summed E-state index contributed by atoms with van der Waals surface area (Å²) in [5.41, 5.74) is 0.134. The van der Waals surface area contributed by atoms with E-state index in [2.05, 4.69) is 10.3 Å². The van der Waals surface area contributed by atoms with Crippen LogP contribution in [0.25, 0.3) is 0 Å². The number of nitrogens with one attached hydrogen (secondary N) is 1. The molecule has 1 aromatic rings. The summed E-state index contributed by atoms with van der Waals surface area (Å²) in [5.74, 6) is -0.0876. The van der Waals surface area contributed by atoms with Gasteiger partial charge in [-0.3, -0.25) is 14.6 Å². The standard InChI is InChI=1S/C14H19N3O2/c1-14(2)13(19)16-9-10-17(14)12(18)7-6-11-5-3-4-8-15-11/h3-5,8H,6-7,9-10H2,1-2H3,(H,16,19). The van der Waals surface area contributed by atoms with E-state index in [1.54, 1.807) is 24.9 Å². The van der Waals surface area contributed by atoms with Crippen LogP contribution in [0.5, 0.6) is 0 Å². The molecule has 1 N–H and O–H groups in total. The van der Waals surface area contributed by atoms with E-state index in [0.29, 0.717) is 25.9 Å². The van der Waals surface area contributed by atoms with Gasteiger partial charge in [0.25, 0.3) is 0 Å². The second kappa shape index (κ2) is 5.38. The fraction of sp³-hybridized carbons (Fsp3) is 0.500. The van der Waals surface area contributed by atoms with Crippen molar-refractivity contribution in [2.45, 2.75) is 32.2 Å². The molecule has 19 heavy (non-hydrogen) atoms. The molecule has 0 aliphatic carbocycles. The summed E-state index contributed by atoms with van der Waals surface area (Å²) in [5, 5.41) is 2.79. The Balaban J connectivity index is 1.98. The highest BCUT2D eigenvalue weighted by molar-refractivity contribution is 5.91. The largest absolute Gasteiger partial charge is 0.352 e. The van der Waals surface area contributed by atoms with Crippen molar-refractivity contribution in [2.75, 3.05) is 13.1 Å². The van der Waals surface area contributed by atoms with Gasteiger partial charge in [-0.15, -0.1) is 0 Å². The van der Waals surface area contributed by atoms with Crippen molar-refractivity contribution >= 4 is 11.8 Å². The van der Waals surface area contributed by atoms with E-state index < -0.39 is 5.54 Å². The first-order chi connectivity index (χ1) is 9.01. The number of aryl methyl sites for hydroxylation is 1. The van der Waals surface area contributed by atoms with Gasteiger partial charge in [0.05, 0.1) is 0 Å². The molecule has 1 aromatic heterocycles. The Morgan fingerprint density at radius 1 is 1.47 bits per heavy atom. The molecular formula is C14H19N3O2. The van der Waals surface area contributed by atoms with Crippen molar-refractivity contribution in [3.05, 3.63) is 30.1 Å². The van der Waals surface area contributed by atoms with Gasteiger partial charge in [0.1, 0.15) is 5.54 Å². The lowest BCUT2D eigenvalue weighted by Crippen LogP contribution is -2.63. The van der Waals surface area contributed by atoms with Crippen LogP contribution in [-0.2, 0) is 16.0 Å². The molecule has 102 valence electrons. The van der Waals surface area contributed by atoms with Gasteiger partial charge < -0.3 is 10.2 Å². The lowest BCUT2D eigenvalue weighted by Gasteiger charge is -2.41. The molecule has 0 bridgehead atoms. The van der Waals surface area contributed by atoms with Gasteiger partial charge in [-0.25, -0.2) is 0 Å². The van der Waals surface area contributed by atoms with E-state index in [1.165, 1.54) is 0 Å². The van der Waals surface area contributed by atoms with E-state index in [-0.39, 0.29) is 11.8 Å². The number of rotatable bonds is 3. The minimum Gasteiger partial charge on any atom is -0.352 e. The predicted molar refractivity (Wildman–Crippen MR) is 71.4 cm³/mol. The lowest BCUT2D eigenvalue weighted by molar-refractivity contribution is -0.149. The average Bonchev–Trinajstić information content (AvgIpc) is 2.40. The molecule has 2 heterocycles. The van der Waals surface area contributed by atoms with Gasteiger partial charge in [0.2, 0.25) is 11.8 Å². The quantitative estimate of drug-likeness (QED) is 0.873. The first kappa shape index (κ1) is 13.5. The van der Waals surface area contributed by atoms with Crippen LogP contribution in [0.2, 0.25) is 0 Å². The molecule has 0 spiro atoms. The Labute approximate surface area is 113 Å². The molecular weight excluding hydrogens is 242 g/mol. The number of carbonyl (C=O) groups is 2. The fourth-order valence-electron chi connectivity index (χ4n) is 2.25. The summed E-state index contributed by atoms with van der Waals surface area (Å²) in [4.78, 5) is 29.9. The number of amides is 2. The minimum absolute atomic E-state index is 0.00510. The van der Waals surface area contributed by atoms with E-state index in [9.17, 15) is 9.59 Å². The highest BCUT2D eigenvalue weighted by Crippen LogP contribution is 2.19. The Morgan fingerprint density at radius 2 is 2.26 bits per heavy atom. The number of aromatic nitrogens is 1. The van der Waals surface area contributed by atoms with E-state index in [4.69, 9.17) is 0 Å². The van der Waals surface area contributed by atoms with E-state index >= 15 is 0 Å². The average molecular weight is 261 g/mol. The number of hydrogen-bond acceptors (Lipinski definition) is 3. The third kappa shape index (κ3) is 2.92. The first-order valence-electron chi connectivity index (χ1n) is 6.50. The van der Waals surface area contributed by atoms with Crippen LogP contribution in [0.1, 0.15) is 26.0 Å². The Bertz CT molecular complexity index is 471. The summed E-state index contributed by atoms with van der Waals surface area (Å²) >= 11 is 0. The molecule has 0 atom stereocenters. The van der Waals surface area contributed by atoms with Crippen molar-refractivity contribution in [1.82, 2.24) is 15.2 Å². The van der Waals surface area contributed by atoms with Crippen LogP contribution < -0.4 is 5.32 Å². The predicted octanol–water partition coefficient (Wildman–Crippen LogP) is 0.751. The summed E-state index contributed by atoms with van der Waals surface area (Å²) in [6.45, 7) is 4.65. The molecule has 2 amide bonds. The molecule has 0 radical (unpaired) electrons. The van der Waals surface area contributed by atoms with Gasteiger partial charge in [0.15, 0.2) is 0 Å². The highest BCUT2D eigenvalue weighted by Gasteiger charge is 2.39. The topological polar surface area (TPSA) is 62.3 Å². The van der Waals surface area contributed by atoms with Gasteiger partial charge in [0, 0.05) is 31.4 Å². The van der Waals surface area contributed by atoms with Crippen molar-refractivity contribution in [3.8, 4) is 0 Å². The van der Waals surface area contributed by atoms with E-state index in [0.717, 1.165) is 5.69 Å². The molecule has 5 heteroatoms. The number of hydrogen-bond donors (Lipinski definition) is 1. The van der Waals surface area contributed by atoms with Gasteiger partial charge >= 0.3 is 0 Å². The maximum atomic E-state index is 12.3. The van der Waals surface area contributed by atoms with Crippen LogP contribution in [0, 0.1) is 0 Å².